The average Bonchev–Trinajstić information content (AvgIpc) is 2.46. The molecule has 1 aromatic heterocycles. The number of carbonyl (C=O) groups is 2. The number of aromatic carboxylic acids is 1. The first-order valence-corrected chi connectivity index (χ1v) is 5.62. The minimum Gasteiger partial charge on any atom is -0.478 e. The number of nitrogens with zero attached hydrogens (tertiary/aromatic N) is 2. The van der Waals surface area contributed by atoms with Crippen molar-refractivity contribution in [3.05, 3.63) is 59.9 Å². The molecule has 2 rings (SSSR count). The van der Waals surface area contributed by atoms with Crippen LogP contribution in [0.4, 0.5) is 5.69 Å². The van der Waals surface area contributed by atoms with Gasteiger partial charge in [-0.2, -0.15) is 0 Å². The van der Waals surface area contributed by atoms with E-state index < -0.39 is 5.97 Å². The van der Waals surface area contributed by atoms with Gasteiger partial charge in [-0.1, -0.05) is 18.2 Å². The van der Waals surface area contributed by atoms with Crippen LogP contribution in [0.1, 0.15) is 20.8 Å². The second kappa shape index (κ2) is 5.30. The van der Waals surface area contributed by atoms with Gasteiger partial charge in [-0.3, -0.25) is 9.78 Å². The van der Waals surface area contributed by atoms with Gasteiger partial charge < -0.3 is 10.0 Å². The third kappa shape index (κ3) is 2.60. The van der Waals surface area contributed by atoms with Crippen LogP contribution in [-0.2, 0) is 0 Å². The van der Waals surface area contributed by atoms with E-state index in [9.17, 15) is 9.59 Å². The van der Waals surface area contributed by atoms with Gasteiger partial charge in [0.1, 0.15) is 5.69 Å². The number of carbonyl (C=O) groups excluding carboxylic acids is 1. The second-order valence-electron chi connectivity index (χ2n) is 3.90. The van der Waals surface area contributed by atoms with E-state index in [1.54, 1.807) is 36.4 Å². The fraction of sp³-hybridized carbons (Fsp3) is 0.0714. The quantitative estimate of drug-likeness (QED) is 0.912. The zero-order valence-electron chi connectivity index (χ0n) is 10.3. The molecule has 2 aromatic rings. The summed E-state index contributed by atoms with van der Waals surface area (Å²) in [5, 5.41) is 9.11. The van der Waals surface area contributed by atoms with Gasteiger partial charge in [-0.25, -0.2) is 4.79 Å². The molecule has 19 heavy (non-hydrogen) atoms. The number of hydrogen-bond acceptors (Lipinski definition) is 3. The van der Waals surface area contributed by atoms with Crippen LogP contribution in [0.3, 0.4) is 0 Å². The summed E-state index contributed by atoms with van der Waals surface area (Å²) in [6.07, 6.45) is 1.52. The van der Waals surface area contributed by atoms with Crippen LogP contribution < -0.4 is 4.90 Å². The summed E-state index contributed by atoms with van der Waals surface area (Å²) in [5.74, 6) is -1.43. The number of hydrogen-bond donors (Lipinski definition) is 1. The molecule has 96 valence electrons. The zero-order valence-corrected chi connectivity index (χ0v) is 10.3. The lowest BCUT2D eigenvalue weighted by Crippen LogP contribution is -2.28. The summed E-state index contributed by atoms with van der Waals surface area (Å²) in [6, 6.07) is 11.3. The highest BCUT2D eigenvalue weighted by atomic mass is 16.4. The Kier molecular flexibility index (Phi) is 3.56. The topological polar surface area (TPSA) is 70.5 Å². The van der Waals surface area contributed by atoms with Crippen molar-refractivity contribution in [2.24, 2.45) is 0 Å². The molecule has 0 atom stereocenters. The number of aromatic nitrogens is 1. The summed E-state index contributed by atoms with van der Waals surface area (Å²) >= 11 is 0. The van der Waals surface area contributed by atoms with Crippen LogP contribution in [0.2, 0.25) is 0 Å². The van der Waals surface area contributed by atoms with Crippen molar-refractivity contribution < 1.29 is 14.7 Å². The number of para-hydroxylation sites is 1. The minimum absolute atomic E-state index is 0.0780. The Balaban J connectivity index is 2.38. The van der Waals surface area contributed by atoms with E-state index in [1.165, 1.54) is 24.2 Å². The van der Waals surface area contributed by atoms with Crippen LogP contribution in [0, 0.1) is 0 Å². The molecule has 0 saturated carbocycles. The Morgan fingerprint density at radius 3 is 2.42 bits per heavy atom. The van der Waals surface area contributed by atoms with E-state index in [4.69, 9.17) is 5.11 Å². The largest absolute Gasteiger partial charge is 0.478 e. The van der Waals surface area contributed by atoms with Gasteiger partial charge in [0, 0.05) is 13.2 Å². The van der Waals surface area contributed by atoms with Gasteiger partial charge in [0.25, 0.3) is 5.91 Å². The Bertz CT molecular complexity index is 611. The minimum atomic E-state index is -1.07. The molecular formula is C14H12N2O3. The standard InChI is InChI=1S/C14H12N2O3/c1-16(13(17)11-7-4-5-9-15-11)12-8-3-2-6-10(12)14(18)19/h2-9H,1H3,(H,18,19). The van der Waals surface area contributed by atoms with Crippen LogP contribution in [-0.4, -0.2) is 29.0 Å². The summed E-state index contributed by atoms with van der Waals surface area (Å²) in [6.45, 7) is 0. The highest BCUT2D eigenvalue weighted by Gasteiger charge is 2.19. The highest BCUT2D eigenvalue weighted by molar-refractivity contribution is 6.08. The molecule has 0 bridgehead atoms. The summed E-state index contributed by atoms with van der Waals surface area (Å²) in [7, 11) is 1.53. The molecule has 1 N–H and O–H groups in total. The monoisotopic (exact) mass is 256 g/mol. The first-order chi connectivity index (χ1) is 9.11. The van der Waals surface area contributed by atoms with Gasteiger partial charge in [-0.05, 0) is 24.3 Å². The molecule has 1 aromatic carbocycles. The maximum Gasteiger partial charge on any atom is 0.337 e. The maximum atomic E-state index is 12.2. The molecule has 0 fully saturated rings. The third-order valence-corrected chi connectivity index (χ3v) is 2.68. The molecule has 1 heterocycles. The Hall–Kier alpha value is -2.69. The summed E-state index contributed by atoms with van der Waals surface area (Å²) in [4.78, 5) is 28.6. The molecule has 0 aliphatic rings. The summed E-state index contributed by atoms with van der Waals surface area (Å²) < 4.78 is 0. The van der Waals surface area contributed by atoms with Crippen molar-refractivity contribution in [2.75, 3.05) is 11.9 Å². The normalized spacial score (nSPS) is 9.95. The van der Waals surface area contributed by atoms with E-state index in [0.29, 0.717) is 5.69 Å². The van der Waals surface area contributed by atoms with Crippen molar-refractivity contribution in [2.45, 2.75) is 0 Å². The van der Waals surface area contributed by atoms with Crippen molar-refractivity contribution >= 4 is 17.6 Å². The van der Waals surface area contributed by atoms with Gasteiger partial charge in [-0.15, -0.1) is 0 Å². The Morgan fingerprint density at radius 1 is 1.11 bits per heavy atom. The van der Waals surface area contributed by atoms with E-state index in [1.807, 2.05) is 0 Å². The Morgan fingerprint density at radius 2 is 1.79 bits per heavy atom. The first kappa shape index (κ1) is 12.8. The van der Waals surface area contributed by atoms with E-state index in [0.717, 1.165) is 0 Å². The van der Waals surface area contributed by atoms with Crippen molar-refractivity contribution in [1.29, 1.82) is 0 Å². The third-order valence-electron chi connectivity index (χ3n) is 2.68. The number of rotatable bonds is 3. The average molecular weight is 256 g/mol. The molecule has 0 unspecified atom stereocenters. The van der Waals surface area contributed by atoms with E-state index >= 15 is 0 Å². The van der Waals surface area contributed by atoms with E-state index in [-0.39, 0.29) is 17.2 Å². The molecule has 5 nitrogen and oxygen atoms in total. The van der Waals surface area contributed by atoms with Gasteiger partial charge in [0.05, 0.1) is 11.3 Å². The number of carboxylic acid groups (broad SMARTS) is 1. The molecule has 0 saturated heterocycles. The molecule has 0 spiro atoms. The lowest BCUT2D eigenvalue weighted by molar-refractivity contribution is 0.0697. The molecule has 0 aliphatic heterocycles. The number of amides is 1. The lowest BCUT2D eigenvalue weighted by atomic mass is 10.1. The molecule has 1 amide bonds. The second-order valence-corrected chi connectivity index (χ2v) is 3.90. The molecule has 0 radical (unpaired) electrons. The zero-order chi connectivity index (χ0) is 13.8. The number of pyridine rings is 1. The van der Waals surface area contributed by atoms with Crippen molar-refractivity contribution in [3.63, 3.8) is 0 Å². The summed E-state index contributed by atoms with van der Waals surface area (Å²) in [5.41, 5.74) is 0.685. The number of carboxylic acids is 1. The lowest BCUT2D eigenvalue weighted by Gasteiger charge is -2.18. The fourth-order valence-electron chi connectivity index (χ4n) is 1.72. The number of anilines is 1. The van der Waals surface area contributed by atoms with E-state index in [2.05, 4.69) is 4.98 Å². The van der Waals surface area contributed by atoms with Gasteiger partial charge in [0.2, 0.25) is 0 Å². The SMILES string of the molecule is CN(C(=O)c1ccccn1)c1ccccc1C(=O)O. The van der Waals surface area contributed by atoms with Crippen LogP contribution in [0.15, 0.2) is 48.7 Å². The molecular weight excluding hydrogens is 244 g/mol. The molecule has 0 aliphatic carbocycles. The predicted molar refractivity (Wildman–Crippen MR) is 70.4 cm³/mol. The van der Waals surface area contributed by atoms with Crippen LogP contribution >= 0.6 is 0 Å². The smallest absolute Gasteiger partial charge is 0.337 e. The number of benzene rings is 1. The maximum absolute atomic E-state index is 12.2. The van der Waals surface area contributed by atoms with Crippen molar-refractivity contribution in [1.82, 2.24) is 4.98 Å². The van der Waals surface area contributed by atoms with Crippen LogP contribution in [0.25, 0.3) is 0 Å². The Labute approximate surface area is 110 Å². The highest BCUT2D eigenvalue weighted by Crippen LogP contribution is 2.20. The first-order valence-electron chi connectivity index (χ1n) is 5.62. The van der Waals surface area contributed by atoms with Crippen molar-refractivity contribution in [3.8, 4) is 0 Å². The molecule has 5 heteroatoms. The fourth-order valence-corrected chi connectivity index (χ4v) is 1.72. The van der Waals surface area contributed by atoms with Gasteiger partial charge >= 0.3 is 5.97 Å². The van der Waals surface area contributed by atoms with Gasteiger partial charge in [0.15, 0.2) is 0 Å². The van der Waals surface area contributed by atoms with Crippen LogP contribution in [0.5, 0.6) is 0 Å². The predicted octanol–water partition coefficient (Wildman–Crippen LogP) is 2.06.